The Labute approximate surface area is 104 Å². The van der Waals surface area contributed by atoms with E-state index < -0.39 is 12.0 Å². The average Bonchev–Trinajstić information content (AvgIpc) is 2.98. The molecule has 0 radical (unpaired) electrons. The smallest absolute Gasteiger partial charge is 0.306 e. The highest BCUT2D eigenvalue weighted by Gasteiger charge is 2.31. The molecule has 2 rings (SSSR count). The summed E-state index contributed by atoms with van der Waals surface area (Å²) in [7, 11) is 0. The molecule has 0 spiro atoms. The van der Waals surface area contributed by atoms with Crippen LogP contribution in [0.1, 0.15) is 32.2 Å². The molecule has 3 atom stereocenters. The van der Waals surface area contributed by atoms with Gasteiger partial charge in [0.1, 0.15) is 18.7 Å². The molecule has 1 heterocycles. The highest BCUT2D eigenvalue weighted by Crippen LogP contribution is 2.25. The Hall–Kier alpha value is -1.92. The molecule has 1 aromatic rings. The lowest BCUT2D eigenvalue weighted by molar-refractivity contribution is -0.141. The van der Waals surface area contributed by atoms with Gasteiger partial charge in [-0.3, -0.25) is 9.59 Å². The van der Waals surface area contributed by atoms with Crippen LogP contribution in [-0.4, -0.2) is 37.8 Å². The van der Waals surface area contributed by atoms with E-state index in [0.29, 0.717) is 19.3 Å². The van der Waals surface area contributed by atoms with Gasteiger partial charge in [-0.1, -0.05) is 0 Å². The van der Waals surface area contributed by atoms with Crippen LogP contribution in [0, 0.1) is 5.92 Å². The molecule has 18 heavy (non-hydrogen) atoms. The monoisotopic (exact) mass is 252 g/mol. The summed E-state index contributed by atoms with van der Waals surface area (Å²) < 4.78 is 1.47. The third-order valence-electron chi connectivity index (χ3n) is 3.34. The second-order valence-electron chi connectivity index (χ2n) is 4.61. The summed E-state index contributed by atoms with van der Waals surface area (Å²) in [6.45, 7) is 1.73. The normalized spacial score (nSPS) is 24.7. The summed E-state index contributed by atoms with van der Waals surface area (Å²) in [5.41, 5.74) is 0. The van der Waals surface area contributed by atoms with Crippen LogP contribution in [0.2, 0.25) is 0 Å². The van der Waals surface area contributed by atoms with Gasteiger partial charge in [-0.25, -0.2) is 9.67 Å². The molecule has 0 aromatic carbocycles. The first-order chi connectivity index (χ1) is 8.58. The minimum absolute atomic E-state index is 0.0513. The van der Waals surface area contributed by atoms with Crippen LogP contribution in [0.15, 0.2) is 12.7 Å². The van der Waals surface area contributed by atoms with Gasteiger partial charge >= 0.3 is 5.97 Å². The molecule has 1 amide bonds. The quantitative estimate of drug-likeness (QED) is 0.798. The second kappa shape index (κ2) is 5.16. The maximum Gasteiger partial charge on any atom is 0.306 e. The van der Waals surface area contributed by atoms with Crippen molar-refractivity contribution in [2.45, 2.75) is 38.3 Å². The fourth-order valence-electron chi connectivity index (χ4n) is 2.20. The molecule has 1 aliphatic rings. The summed E-state index contributed by atoms with van der Waals surface area (Å²) >= 11 is 0. The number of nitrogens with zero attached hydrogens (tertiary/aromatic N) is 3. The molecule has 1 fully saturated rings. The van der Waals surface area contributed by atoms with Gasteiger partial charge in [0.15, 0.2) is 0 Å². The molecule has 98 valence electrons. The second-order valence-corrected chi connectivity index (χ2v) is 4.61. The first-order valence-electron chi connectivity index (χ1n) is 5.95. The van der Waals surface area contributed by atoms with Crippen molar-refractivity contribution >= 4 is 11.9 Å². The van der Waals surface area contributed by atoms with Crippen LogP contribution in [0.4, 0.5) is 0 Å². The van der Waals surface area contributed by atoms with Crippen LogP contribution in [0.3, 0.4) is 0 Å². The van der Waals surface area contributed by atoms with E-state index in [2.05, 4.69) is 15.4 Å². The van der Waals surface area contributed by atoms with Crippen LogP contribution in [0.25, 0.3) is 0 Å². The summed E-state index contributed by atoms with van der Waals surface area (Å²) in [5.74, 6) is -1.27. The number of carbonyl (C=O) groups is 2. The SMILES string of the molecule is CC(C(=O)NC1CCC(C(=O)O)C1)n1cncn1. The van der Waals surface area contributed by atoms with Gasteiger partial charge in [-0.05, 0) is 26.2 Å². The number of carbonyl (C=O) groups excluding carboxylic acids is 1. The van der Waals surface area contributed by atoms with Gasteiger partial charge in [-0.2, -0.15) is 5.10 Å². The summed E-state index contributed by atoms with van der Waals surface area (Å²) in [6, 6.07) is -0.485. The summed E-state index contributed by atoms with van der Waals surface area (Å²) in [4.78, 5) is 26.5. The molecular formula is C11H16N4O3. The molecule has 2 N–H and O–H groups in total. The lowest BCUT2D eigenvalue weighted by atomic mass is 10.1. The van der Waals surface area contributed by atoms with E-state index in [9.17, 15) is 9.59 Å². The summed E-state index contributed by atoms with van der Waals surface area (Å²) in [5, 5.41) is 15.7. The fourth-order valence-corrected chi connectivity index (χ4v) is 2.20. The van der Waals surface area contributed by atoms with Crippen molar-refractivity contribution < 1.29 is 14.7 Å². The van der Waals surface area contributed by atoms with Crippen molar-refractivity contribution in [3.05, 3.63) is 12.7 Å². The molecule has 1 aliphatic carbocycles. The molecule has 3 unspecified atom stereocenters. The molecule has 0 saturated heterocycles. The topological polar surface area (TPSA) is 97.1 Å². The zero-order chi connectivity index (χ0) is 13.1. The molecule has 0 aliphatic heterocycles. The first-order valence-corrected chi connectivity index (χ1v) is 5.95. The van der Waals surface area contributed by atoms with Crippen molar-refractivity contribution in [2.24, 2.45) is 5.92 Å². The average molecular weight is 252 g/mol. The predicted molar refractivity (Wildman–Crippen MR) is 61.6 cm³/mol. The number of hydrogen-bond acceptors (Lipinski definition) is 4. The Morgan fingerprint density at radius 3 is 2.83 bits per heavy atom. The van der Waals surface area contributed by atoms with Gasteiger partial charge in [-0.15, -0.1) is 0 Å². The zero-order valence-electron chi connectivity index (χ0n) is 10.1. The van der Waals surface area contributed by atoms with Gasteiger partial charge in [0.05, 0.1) is 5.92 Å². The van der Waals surface area contributed by atoms with Crippen LogP contribution in [-0.2, 0) is 9.59 Å². The van der Waals surface area contributed by atoms with Crippen molar-refractivity contribution in [1.29, 1.82) is 0 Å². The van der Waals surface area contributed by atoms with Crippen molar-refractivity contribution in [3.63, 3.8) is 0 Å². The Morgan fingerprint density at radius 2 is 2.28 bits per heavy atom. The maximum absolute atomic E-state index is 11.9. The third-order valence-corrected chi connectivity index (χ3v) is 3.34. The molecular weight excluding hydrogens is 236 g/mol. The van der Waals surface area contributed by atoms with E-state index in [1.54, 1.807) is 6.92 Å². The zero-order valence-corrected chi connectivity index (χ0v) is 10.1. The Morgan fingerprint density at radius 1 is 1.50 bits per heavy atom. The number of rotatable bonds is 4. The van der Waals surface area contributed by atoms with Crippen molar-refractivity contribution in [2.75, 3.05) is 0 Å². The molecule has 1 saturated carbocycles. The van der Waals surface area contributed by atoms with Crippen molar-refractivity contribution in [3.8, 4) is 0 Å². The van der Waals surface area contributed by atoms with Gasteiger partial charge in [0.2, 0.25) is 5.91 Å². The number of hydrogen-bond donors (Lipinski definition) is 2. The highest BCUT2D eigenvalue weighted by molar-refractivity contribution is 5.80. The largest absolute Gasteiger partial charge is 0.481 e. The number of nitrogens with one attached hydrogen (secondary N) is 1. The van der Waals surface area contributed by atoms with E-state index in [0.717, 1.165) is 0 Å². The fraction of sp³-hybridized carbons (Fsp3) is 0.636. The number of amides is 1. The number of carboxylic acids is 1. The van der Waals surface area contributed by atoms with E-state index in [1.165, 1.54) is 17.3 Å². The predicted octanol–water partition coefficient (Wildman–Crippen LogP) is 0.209. The standard InChI is InChI=1S/C11H16N4O3/c1-7(15-6-12-5-13-15)10(16)14-9-3-2-8(4-9)11(17)18/h5-9H,2-4H2,1H3,(H,14,16)(H,17,18). The van der Waals surface area contributed by atoms with Gasteiger partial charge in [0.25, 0.3) is 0 Å². The Balaban J connectivity index is 1.87. The number of carboxylic acid groups (broad SMARTS) is 1. The summed E-state index contributed by atoms with van der Waals surface area (Å²) in [6.07, 6.45) is 4.70. The highest BCUT2D eigenvalue weighted by atomic mass is 16.4. The maximum atomic E-state index is 11.9. The molecule has 0 bridgehead atoms. The Kier molecular flexibility index (Phi) is 3.59. The van der Waals surface area contributed by atoms with E-state index in [1.807, 2.05) is 0 Å². The van der Waals surface area contributed by atoms with Gasteiger partial charge < -0.3 is 10.4 Å². The third kappa shape index (κ3) is 2.66. The first kappa shape index (κ1) is 12.5. The van der Waals surface area contributed by atoms with Crippen LogP contribution >= 0.6 is 0 Å². The lowest BCUT2D eigenvalue weighted by Gasteiger charge is -2.16. The Bertz CT molecular complexity index is 432. The minimum atomic E-state index is -0.781. The molecule has 1 aromatic heterocycles. The molecule has 7 heteroatoms. The van der Waals surface area contributed by atoms with Gasteiger partial charge in [0, 0.05) is 6.04 Å². The van der Waals surface area contributed by atoms with E-state index in [4.69, 9.17) is 5.11 Å². The lowest BCUT2D eigenvalue weighted by Crippen LogP contribution is -2.38. The van der Waals surface area contributed by atoms with Crippen molar-refractivity contribution in [1.82, 2.24) is 20.1 Å². The van der Waals surface area contributed by atoms with Crippen LogP contribution < -0.4 is 5.32 Å². The number of aromatic nitrogens is 3. The minimum Gasteiger partial charge on any atom is -0.481 e. The van der Waals surface area contributed by atoms with Crippen LogP contribution in [0.5, 0.6) is 0 Å². The number of aliphatic carboxylic acids is 1. The molecule has 7 nitrogen and oxygen atoms in total. The van der Waals surface area contributed by atoms with E-state index in [-0.39, 0.29) is 17.9 Å². The van der Waals surface area contributed by atoms with E-state index >= 15 is 0 Å².